The second-order valence-corrected chi connectivity index (χ2v) is 5.46. The number of rotatable bonds is 1. The van der Waals surface area contributed by atoms with Gasteiger partial charge < -0.3 is 10.1 Å². The highest BCUT2D eigenvalue weighted by Crippen LogP contribution is 2.27. The monoisotopic (exact) mass is 185 g/mol. The molecule has 1 aliphatic rings. The average Bonchev–Trinajstić information content (AvgIpc) is 2.04. The fraction of sp³-hybridized carbons (Fsp3) is 1.00. The van der Waals surface area contributed by atoms with Gasteiger partial charge in [-0.05, 0) is 18.8 Å². The molecule has 0 aromatic heterocycles. The maximum absolute atomic E-state index is 5.89. The van der Waals surface area contributed by atoms with E-state index >= 15 is 0 Å². The zero-order chi connectivity index (χ0) is 10.1. The predicted molar refractivity (Wildman–Crippen MR) is 55.9 cm³/mol. The third-order valence-electron chi connectivity index (χ3n) is 3.06. The molecule has 0 bridgehead atoms. The summed E-state index contributed by atoms with van der Waals surface area (Å²) in [4.78, 5) is 0. The van der Waals surface area contributed by atoms with Crippen LogP contribution in [0, 0.1) is 5.41 Å². The lowest BCUT2D eigenvalue weighted by Crippen LogP contribution is -2.57. The van der Waals surface area contributed by atoms with Crippen molar-refractivity contribution in [3.8, 4) is 0 Å². The lowest BCUT2D eigenvalue weighted by atomic mass is 9.86. The number of morpholine rings is 1. The first-order valence-corrected chi connectivity index (χ1v) is 5.24. The van der Waals surface area contributed by atoms with Gasteiger partial charge in [0.15, 0.2) is 0 Å². The second-order valence-electron chi connectivity index (χ2n) is 5.46. The number of hydrogen-bond acceptors (Lipinski definition) is 2. The molecule has 0 aliphatic carbocycles. The first-order valence-electron chi connectivity index (χ1n) is 5.24. The van der Waals surface area contributed by atoms with Crippen molar-refractivity contribution >= 4 is 0 Å². The highest BCUT2D eigenvalue weighted by molar-refractivity contribution is 4.90. The van der Waals surface area contributed by atoms with Gasteiger partial charge in [0.25, 0.3) is 0 Å². The molecule has 0 radical (unpaired) electrons. The molecule has 1 rings (SSSR count). The van der Waals surface area contributed by atoms with Crippen LogP contribution in [0.4, 0.5) is 0 Å². The van der Waals surface area contributed by atoms with Crippen molar-refractivity contribution in [3.63, 3.8) is 0 Å². The zero-order valence-corrected chi connectivity index (χ0v) is 9.61. The van der Waals surface area contributed by atoms with Crippen molar-refractivity contribution in [2.45, 2.75) is 52.7 Å². The number of ether oxygens (including phenoxy) is 1. The lowest BCUT2D eigenvalue weighted by molar-refractivity contribution is -0.0773. The molecule has 0 saturated carbocycles. The summed E-state index contributed by atoms with van der Waals surface area (Å²) in [6.07, 6.45) is 1.48. The van der Waals surface area contributed by atoms with Crippen molar-refractivity contribution < 1.29 is 4.74 Å². The summed E-state index contributed by atoms with van der Waals surface area (Å²) in [5, 5.41) is 3.58. The molecule has 0 aromatic carbocycles. The van der Waals surface area contributed by atoms with Gasteiger partial charge >= 0.3 is 0 Å². The Labute approximate surface area is 82.0 Å². The van der Waals surface area contributed by atoms with Gasteiger partial charge in [0.05, 0.1) is 12.7 Å². The minimum Gasteiger partial charge on any atom is -0.374 e. The Morgan fingerprint density at radius 3 is 2.38 bits per heavy atom. The lowest BCUT2D eigenvalue weighted by Gasteiger charge is -2.42. The van der Waals surface area contributed by atoms with E-state index in [2.05, 4.69) is 39.9 Å². The van der Waals surface area contributed by atoms with E-state index in [-0.39, 0.29) is 11.0 Å². The van der Waals surface area contributed by atoms with Gasteiger partial charge in [-0.25, -0.2) is 0 Å². The summed E-state index contributed by atoms with van der Waals surface area (Å²) in [7, 11) is 0. The number of hydrogen-bond donors (Lipinski definition) is 1. The van der Waals surface area contributed by atoms with Crippen LogP contribution in [0.3, 0.4) is 0 Å². The van der Waals surface area contributed by atoms with E-state index in [1.54, 1.807) is 0 Å². The van der Waals surface area contributed by atoms with E-state index in [9.17, 15) is 0 Å². The fourth-order valence-electron chi connectivity index (χ4n) is 1.52. The third kappa shape index (κ3) is 2.68. The van der Waals surface area contributed by atoms with Crippen molar-refractivity contribution in [2.75, 3.05) is 13.2 Å². The maximum atomic E-state index is 5.89. The standard InChI is InChI=1S/C11H23NO/c1-6-11(5)8-13-9(7-12-11)10(2,3)4/h9,12H,6-8H2,1-5H3. The Morgan fingerprint density at radius 2 is 2.08 bits per heavy atom. The first-order chi connectivity index (χ1) is 5.87. The summed E-state index contributed by atoms with van der Waals surface area (Å²) < 4.78 is 5.89. The molecule has 78 valence electrons. The smallest absolute Gasteiger partial charge is 0.0748 e. The van der Waals surface area contributed by atoms with E-state index in [1.165, 1.54) is 0 Å². The van der Waals surface area contributed by atoms with Crippen LogP contribution in [0.2, 0.25) is 0 Å². The molecule has 1 aliphatic heterocycles. The van der Waals surface area contributed by atoms with Crippen LogP contribution in [0.1, 0.15) is 41.0 Å². The van der Waals surface area contributed by atoms with Gasteiger partial charge in [-0.1, -0.05) is 27.7 Å². The van der Waals surface area contributed by atoms with Gasteiger partial charge in [-0.2, -0.15) is 0 Å². The minimum absolute atomic E-state index is 0.196. The van der Waals surface area contributed by atoms with Crippen LogP contribution in [-0.4, -0.2) is 24.8 Å². The Kier molecular flexibility index (Phi) is 3.03. The van der Waals surface area contributed by atoms with Crippen molar-refractivity contribution in [1.29, 1.82) is 0 Å². The van der Waals surface area contributed by atoms with Crippen molar-refractivity contribution in [1.82, 2.24) is 5.32 Å². The molecular weight excluding hydrogens is 162 g/mol. The van der Waals surface area contributed by atoms with Gasteiger partial charge in [0, 0.05) is 12.1 Å². The van der Waals surface area contributed by atoms with Gasteiger partial charge in [-0.15, -0.1) is 0 Å². The summed E-state index contributed by atoms with van der Waals surface area (Å²) >= 11 is 0. The molecule has 2 heteroatoms. The van der Waals surface area contributed by atoms with E-state index in [4.69, 9.17) is 4.74 Å². The molecule has 1 heterocycles. The second kappa shape index (κ2) is 3.58. The van der Waals surface area contributed by atoms with Crippen molar-refractivity contribution in [2.24, 2.45) is 5.41 Å². The van der Waals surface area contributed by atoms with Crippen LogP contribution in [-0.2, 0) is 4.74 Å². The average molecular weight is 185 g/mol. The van der Waals surface area contributed by atoms with E-state index < -0.39 is 0 Å². The Bertz CT molecular complexity index is 163. The van der Waals surface area contributed by atoms with Gasteiger partial charge in [0.2, 0.25) is 0 Å². The Morgan fingerprint density at radius 1 is 1.46 bits per heavy atom. The van der Waals surface area contributed by atoms with E-state index in [0.29, 0.717) is 6.10 Å². The van der Waals surface area contributed by atoms with Crippen LogP contribution < -0.4 is 5.32 Å². The van der Waals surface area contributed by atoms with Crippen LogP contribution in [0.25, 0.3) is 0 Å². The molecule has 1 fully saturated rings. The maximum Gasteiger partial charge on any atom is 0.0748 e. The molecule has 2 atom stereocenters. The highest BCUT2D eigenvalue weighted by atomic mass is 16.5. The summed E-state index contributed by atoms with van der Waals surface area (Å²) in [5.74, 6) is 0. The normalized spacial score (nSPS) is 36.2. The molecule has 2 nitrogen and oxygen atoms in total. The van der Waals surface area contributed by atoms with Crippen LogP contribution in [0.15, 0.2) is 0 Å². The SMILES string of the molecule is CCC1(C)COC(C(C)(C)C)CN1. The summed E-state index contributed by atoms with van der Waals surface area (Å²) in [6.45, 7) is 12.9. The summed E-state index contributed by atoms with van der Waals surface area (Å²) in [5.41, 5.74) is 0.448. The molecule has 1 N–H and O–H groups in total. The summed E-state index contributed by atoms with van der Waals surface area (Å²) in [6, 6.07) is 0. The molecular formula is C11H23NO. The minimum atomic E-state index is 0.196. The first kappa shape index (κ1) is 11.0. The molecule has 1 saturated heterocycles. The van der Waals surface area contributed by atoms with E-state index in [0.717, 1.165) is 19.6 Å². The van der Waals surface area contributed by atoms with Crippen molar-refractivity contribution in [3.05, 3.63) is 0 Å². The van der Waals surface area contributed by atoms with Crippen LogP contribution >= 0.6 is 0 Å². The molecule has 13 heavy (non-hydrogen) atoms. The number of nitrogens with one attached hydrogen (secondary N) is 1. The topological polar surface area (TPSA) is 21.3 Å². The Hall–Kier alpha value is -0.0800. The van der Waals surface area contributed by atoms with Gasteiger partial charge in [0.1, 0.15) is 0 Å². The molecule has 0 spiro atoms. The quantitative estimate of drug-likeness (QED) is 0.676. The fourth-order valence-corrected chi connectivity index (χ4v) is 1.52. The molecule has 0 aromatic rings. The largest absolute Gasteiger partial charge is 0.374 e. The third-order valence-corrected chi connectivity index (χ3v) is 3.06. The van der Waals surface area contributed by atoms with Gasteiger partial charge in [-0.3, -0.25) is 0 Å². The van der Waals surface area contributed by atoms with Crippen LogP contribution in [0.5, 0.6) is 0 Å². The zero-order valence-electron chi connectivity index (χ0n) is 9.61. The predicted octanol–water partition coefficient (Wildman–Crippen LogP) is 2.19. The molecule has 0 amide bonds. The molecule has 2 unspecified atom stereocenters. The Balaban J connectivity index is 2.48. The van der Waals surface area contributed by atoms with E-state index in [1.807, 2.05) is 0 Å². The highest BCUT2D eigenvalue weighted by Gasteiger charge is 2.34.